The van der Waals surface area contributed by atoms with Crippen molar-refractivity contribution in [2.75, 3.05) is 31.5 Å². The first-order chi connectivity index (χ1) is 11.0. The van der Waals surface area contributed by atoms with Gasteiger partial charge in [0.1, 0.15) is 0 Å². The number of urea groups is 1. The fourth-order valence-electron chi connectivity index (χ4n) is 3.33. The summed E-state index contributed by atoms with van der Waals surface area (Å²) in [4.78, 5) is 26.2. The predicted molar refractivity (Wildman–Crippen MR) is 96.7 cm³/mol. The maximum absolute atomic E-state index is 12.6. The van der Waals surface area contributed by atoms with Gasteiger partial charge in [-0.15, -0.1) is 12.4 Å². The van der Waals surface area contributed by atoms with Gasteiger partial charge >= 0.3 is 6.03 Å². The molecule has 0 saturated carbocycles. The first-order valence-electron chi connectivity index (χ1n) is 8.20. The molecule has 3 N–H and O–H groups in total. The second-order valence-corrected chi connectivity index (χ2v) is 6.72. The van der Waals surface area contributed by atoms with Gasteiger partial charge in [-0.05, 0) is 49.9 Å². The van der Waals surface area contributed by atoms with Crippen molar-refractivity contribution in [3.8, 4) is 0 Å². The van der Waals surface area contributed by atoms with Gasteiger partial charge < -0.3 is 20.9 Å². The Bertz CT molecular complexity index is 579. The number of likely N-dealkylation sites (tertiary alicyclic amines) is 1. The number of nitrogens with zero attached hydrogens (tertiary/aromatic N) is 1. The normalized spacial score (nSPS) is 22.0. The second kappa shape index (κ2) is 7.85. The van der Waals surface area contributed by atoms with Crippen LogP contribution in [0.15, 0.2) is 24.3 Å². The van der Waals surface area contributed by atoms with E-state index in [2.05, 4.69) is 16.0 Å². The molecular formula is C17H25ClN4O2. The SMILES string of the molecule is CC(C)NC(=O)Nc1ccc(C(=O)N2C[C@H]3CNC[C@H]3C2)cc1.Cl. The van der Waals surface area contributed by atoms with Crippen LogP contribution in [0.3, 0.4) is 0 Å². The van der Waals surface area contributed by atoms with Crippen molar-refractivity contribution < 1.29 is 9.59 Å². The Labute approximate surface area is 148 Å². The number of rotatable bonds is 3. The third-order valence-corrected chi connectivity index (χ3v) is 4.49. The van der Waals surface area contributed by atoms with E-state index in [0.717, 1.165) is 26.2 Å². The maximum Gasteiger partial charge on any atom is 0.319 e. The number of amides is 3. The molecule has 7 heteroatoms. The van der Waals surface area contributed by atoms with Crippen molar-refractivity contribution in [2.24, 2.45) is 11.8 Å². The minimum Gasteiger partial charge on any atom is -0.338 e. The van der Waals surface area contributed by atoms with Crippen LogP contribution in [-0.4, -0.2) is 49.1 Å². The first-order valence-corrected chi connectivity index (χ1v) is 8.20. The lowest BCUT2D eigenvalue weighted by atomic mass is 10.0. The van der Waals surface area contributed by atoms with Gasteiger partial charge in [-0.25, -0.2) is 4.79 Å². The van der Waals surface area contributed by atoms with Crippen molar-refractivity contribution in [3.63, 3.8) is 0 Å². The summed E-state index contributed by atoms with van der Waals surface area (Å²) in [5.74, 6) is 1.27. The molecular weight excluding hydrogens is 328 g/mol. The molecule has 2 aliphatic rings. The lowest BCUT2D eigenvalue weighted by Crippen LogP contribution is -2.34. The molecule has 0 radical (unpaired) electrons. The fraction of sp³-hybridized carbons (Fsp3) is 0.529. The molecule has 1 aromatic rings. The van der Waals surface area contributed by atoms with E-state index in [0.29, 0.717) is 23.1 Å². The largest absolute Gasteiger partial charge is 0.338 e. The van der Waals surface area contributed by atoms with Crippen LogP contribution in [0.1, 0.15) is 24.2 Å². The highest BCUT2D eigenvalue weighted by atomic mass is 35.5. The Kier molecular flexibility index (Phi) is 6.07. The molecule has 0 aliphatic carbocycles. The smallest absolute Gasteiger partial charge is 0.319 e. The zero-order chi connectivity index (χ0) is 16.4. The molecule has 2 heterocycles. The molecule has 0 unspecified atom stereocenters. The van der Waals surface area contributed by atoms with E-state index in [-0.39, 0.29) is 30.4 Å². The van der Waals surface area contributed by atoms with Crippen molar-refractivity contribution in [1.82, 2.24) is 15.5 Å². The van der Waals surface area contributed by atoms with Crippen LogP contribution in [0.4, 0.5) is 10.5 Å². The van der Waals surface area contributed by atoms with Crippen molar-refractivity contribution in [1.29, 1.82) is 0 Å². The molecule has 24 heavy (non-hydrogen) atoms. The summed E-state index contributed by atoms with van der Waals surface area (Å²) < 4.78 is 0. The number of anilines is 1. The monoisotopic (exact) mass is 352 g/mol. The molecule has 6 nitrogen and oxygen atoms in total. The summed E-state index contributed by atoms with van der Waals surface area (Å²) in [7, 11) is 0. The van der Waals surface area contributed by atoms with Gasteiger partial charge in [-0.2, -0.15) is 0 Å². The van der Waals surface area contributed by atoms with Gasteiger partial charge in [0.25, 0.3) is 5.91 Å². The number of hydrogen-bond donors (Lipinski definition) is 3. The molecule has 3 rings (SSSR count). The number of fused-ring (bicyclic) bond motifs is 1. The molecule has 3 amide bonds. The van der Waals surface area contributed by atoms with Crippen LogP contribution >= 0.6 is 12.4 Å². The summed E-state index contributed by atoms with van der Waals surface area (Å²) in [6, 6.07) is 6.94. The average molecular weight is 353 g/mol. The van der Waals surface area contributed by atoms with Crippen LogP contribution in [-0.2, 0) is 0 Å². The highest BCUT2D eigenvalue weighted by Crippen LogP contribution is 2.27. The zero-order valence-electron chi connectivity index (χ0n) is 14.0. The summed E-state index contributed by atoms with van der Waals surface area (Å²) in [5, 5.41) is 8.90. The molecule has 0 spiro atoms. The third-order valence-electron chi connectivity index (χ3n) is 4.49. The molecule has 2 saturated heterocycles. The van der Waals surface area contributed by atoms with E-state index in [1.54, 1.807) is 24.3 Å². The minimum absolute atomic E-state index is 0. The van der Waals surface area contributed by atoms with Crippen molar-refractivity contribution >= 4 is 30.0 Å². The highest BCUT2D eigenvalue weighted by molar-refractivity contribution is 5.95. The zero-order valence-corrected chi connectivity index (χ0v) is 14.9. The third kappa shape index (κ3) is 4.19. The Balaban J connectivity index is 0.00000208. The average Bonchev–Trinajstić information content (AvgIpc) is 3.07. The molecule has 1 aromatic carbocycles. The number of carbonyl (C=O) groups is 2. The number of nitrogens with one attached hydrogen (secondary N) is 3. The van der Waals surface area contributed by atoms with Gasteiger partial charge in [0.15, 0.2) is 0 Å². The van der Waals surface area contributed by atoms with Crippen LogP contribution in [0.2, 0.25) is 0 Å². The molecule has 2 aliphatic heterocycles. The van der Waals surface area contributed by atoms with Crippen LogP contribution < -0.4 is 16.0 Å². The van der Waals surface area contributed by atoms with E-state index in [4.69, 9.17) is 0 Å². The fourth-order valence-corrected chi connectivity index (χ4v) is 3.33. The van der Waals surface area contributed by atoms with Crippen molar-refractivity contribution in [2.45, 2.75) is 19.9 Å². The summed E-state index contributed by atoms with van der Waals surface area (Å²) >= 11 is 0. The molecule has 2 atom stereocenters. The predicted octanol–water partition coefficient (Wildman–Crippen LogP) is 1.93. The minimum atomic E-state index is -0.237. The Morgan fingerprint density at radius 3 is 2.25 bits per heavy atom. The van der Waals surface area contributed by atoms with E-state index in [9.17, 15) is 9.59 Å². The summed E-state index contributed by atoms with van der Waals surface area (Å²) in [6.45, 7) is 7.52. The van der Waals surface area contributed by atoms with Gasteiger partial charge in [0, 0.05) is 43.5 Å². The van der Waals surface area contributed by atoms with Crippen LogP contribution in [0.25, 0.3) is 0 Å². The van der Waals surface area contributed by atoms with Gasteiger partial charge in [0.2, 0.25) is 0 Å². The van der Waals surface area contributed by atoms with E-state index >= 15 is 0 Å². The number of benzene rings is 1. The summed E-state index contributed by atoms with van der Waals surface area (Å²) in [5.41, 5.74) is 1.36. The Hall–Kier alpha value is -1.79. The quantitative estimate of drug-likeness (QED) is 0.778. The Morgan fingerprint density at radius 2 is 1.71 bits per heavy atom. The van der Waals surface area contributed by atoms with E-state index in [1.807, 2.05) is 18.7 Å². The molecule has 2 fully saturated rings. The van der Waals surface area contributed by atoms with Gasteiger partial charge in [-0.3, -0.25) is 4.79 Å². The standard InChI is InChI=1S/C17H24N4O2.ClH/c1-11(2)19-17(23)20-15-5-3-12(4-6-15)16(22)21-9-13-7-18-8-14(13)10-21;/h3-6,11,13-14,18H,7-10H2,1-2H3,(H2,19,20,23);1H/t13-,14+;. The lowest BCUT2D eigenvalue weighted by molar-refractivity contribution is 0.0781. The lowest BCUT2D eigenvalue weighted by Gasteiger charge is -2.18. The highest BCUT2D eigenvalue weighted by Gasteiger charge is 2.38. The van der Waals surface area contributed by atoms with E-state index in [1.165, 1.54) is 0 Å². The van der Waals surface area contributed by atoms with Crippen molar-refractivity contribution in [3.05, 3.63) is 29.8 Å². The summed E-state index contributed by atoms with van der Waals surface area (Å²) in [6.07, 6.45) is 0. The second-order valence-electron chi connectivity index (χ2n) is 6.72. The number of carbonyl (C=O) groups excluding carboxylic acids is 2. The van der Waals surface area contributed by atoms with Crippen LogP contribution in [0, 0.1) is 11.8 Å². The number of halogens is 1. The Morgan fingerprint density at radius 1 is 1.12 bits per heavy atom. The van der Waals surface area contributed by atoms with Gasteiger partial charge in [0.05, 0.1) is 0 Å². The molecule has 0 bridgehead atoms. The van der Waals surface area contributed by atoms with Gasteiger partial charge in [-0.1, -0.05) is 0 Å². The first kappa shape index (κ1) is 18.5. The molecule has 132 valence electrons. The van der Waals surface area contributed by atoms with Crippen LogP contribution in [0.5, 0.6) is 0 Å². The topological polar surface area (TPSA) is 73.5 Å². The molecule has 0 aromatic heterocycles. The van der Waals surface area contributed by atoms with E-state index < -0.39 is 0 Å². The number of hydrogen-bond acceptors (Lipinski definition) is 3. The maximum atomic E-state index is 12.6.